The second-order valence-corrected chi connectivity index (χ2v) is 19.0. The average Bonchev–Trinajstić information content (AvgIpc) is 4.15. The first-order valence-corrected chi connectivity index (χ1v) is 23.8. The first-order chi connectivity index (χ1) is 32.7. The Morgan fingerprint density at radius 2 is 0.727 bits per heavy atom. The molecule has 0 aliphatic rings. The Kier molecular flexibility index (Phi) is 8.29. The second kappa shape index (κ2) is 14.7. The molecule has 310 valence electrons. The summed E-state index contributed by atoms with van der Waals surface area (Å²) in [6.07, 6.45) is 0. The summed E-state index contributed by atoms with van der Waals surface area (Å²) in [5, 5.41) is 9.41. The molecule has 0 atom stereocenters. The van der Waals surface area contributed by atoms with Crippen molar-refractivity contribution in [3.8, 4) is 11.1 Å². The van der Waals surface area contributed by atoms with Crippen LogP contribution in [0.2, 0.25) is 0 Å². The van der Waals surface area contributed by atoms with Crippen LogP contribution in [0.5, 0.6) is 0 Å². The molecule has 0 spiro atoms. The lowest BCUT2D eigenvalue weighted by Gasteiger charge is -2.29. The molecule has 14 rings (SSSR count). The van der Waals surface area contributed by atoms with E-state index in [0.717, 1.165) is 83.6 Å². The minimum Gasteiger partial charge on any atom is -0.454 e. The maximum absolute atomic E-state index is 6.99. The Morgan fingerprint density at radius 1 is 0.273 bits per heavy atom. The van der Waals surface area contributed by atoms with E-state index in [2.05, 4.69) is 216 Å². The highest BCUT2D eigenvalue weighted by Crippen LogP contribution is 2.48. The highest BCUT2D eigenvalue weighted by Gasteiger charge is 2.24. The molecule has 0 fully saturated rings. The van der Waals surface area contributed by atoms with E-state index < -0.39 is 0 Å². The van der Waals surface area contributed by atoms with Gasteiger partial charge in [-0.15, -0.1) is 22.7 Å². The van der Waals surface area contributed by atoms with Crippen LogP contribution in [0.3, 0.4) is 0 Å². The molecule has 0 aliphatic heterocycles. The number of para-hydroxylation sites is 4. The molecule has 0 N–H and O–H groups in total. The highest BCUT2D eigenvalue weighted by molar-refractivity contribution is 7.26. The van der Waals surface area contributed by atoms with Crippen molar-refractivity contribution < 1.29 is 8.83 Å². The van der Waals surface area contributed by atoms with Gasteiger partial charge in [0.15, 0.2) is 11.2 Å². The molecule has 0 unspecified atom stereocenters. The van der Waals surface area contributed by atoms with E-state index in [9.17, 15) is 0 Å². The van der Waals surface area contributed by atoms with Crippen molar-refractivity contribution in [1.82, 2.24) is 0 Å². The summed E-state index contributed by atoms with van der Waals surface area (Å²) in [5.74, 6) is 0. The van der Waals surface area contributed by atoms with Gasteiger partial charge in [-0.2, -0.15) is 0 Å². The van der Waals surface area contributed by atoms with Gasteiger partial charge in [0.1, 0.15) is 11.2 Å². The quantitative estimate of drug-likeness (QED) is 0.160. The number of rotatable bonds is 7. The van der Waals surface area contributed by atoms with Crippen molar-refractivity contribution in [2.75, 3.05) is 9.80 Å². The molecule has 6 heteroatoms. The minimum atomic E-state index is 0.830. The lowest BCUT2D eigenvalue weighted by Crippen LogP contribution is -2.13. The molecule has 0 saturated heterocycles. The van der Waals surface area contributed by atoms with Gasteiger partial charge in [0.25, 0.3) is 0 Å². The van der Waals surface area contributed by atoms with E-state index >= 15 is 0 Å². The summed E-state index contributed by atoms with van der Waals surface area (Å²) >= 11 is 3.68. The molecule has 0 saturated carbocycles. The third-order valence-corrected chi connectivity index (χ3v) is 15.3. The summed E-state index contributed by atoms with van der Waals surface area (Å²) in [5.41, 5.74) is 11.7. The molecule has 0 bridgehead atoms. The van der Waals surface area contributed by atoms with Gasteiger partial charge in [-0.1, -0.05) is 115 Å². The lowest BCUT2D eigenvalue weighted by atomic mass is 10.0. The number of nitrogens with zero attached hydrogens (tertiary/aromatic N) is 2. The number of hydrogen-bond acceptors (Lipinski definition) is 6. The van der Waals surface area contributed by atoms with Gasteiger partial charge in [-0.25, -0.2) is 0 Å². The first kappa shape index (κ1) is 37.2. The largest absolute Gasteiger partial charge is 0.454 e. The van der Waals surface area contributed by atoms with Crippen LogP contribution in [-0.2, 0) is 0 Å². The van der Waals surface area contributed by atoms with Crippen molar-refractivity contribution in [3.63, 3.8) is 0 Å². The van der Waals surface area contributed by atoms with E-state index in [-0.39, 0.29) is 0 Å². The number of hydrogen-bond donors (Lipinski definition) is 0. The smallest absolute Gasteiger partial charge is 0.159 e. The van der Waals surface area contributed by atoms with Crippen molar-refractivity contribution in [2.45, 2.75) is 0 Å². The SMILES string of the molecule is c1ccc(N(c2cccc(N(c3ccc4sc5ccccc5c4c3)c3cccc4c3oc3ccc(-c5ccc6sc7ccccc7c6c5)cc34)c2)c2cccc3c2oc2ccccc23)cc1. The first-order valence-electron chi connectivity index (χ1n) is 22.1. The fraction of sp³-hybridized carbons (Fsp3) is 0. The Morgan fingerprint density at radius 3 is 1.42 bits per heavy atom. The van der Waals surface area contributed by atoms with E-state index in [4.69, 9.17) is 8.83 Å². The summed E-state index contributed by atoms with van der Waals surface area (Å²) in [6, 6.07) is 78.4. The van der Waals surface area contributed by atoms with Crippen LogP contribution in [0.15, 0.2) is 227 Å². The normalized spacial score (nSPS) is 11.9. The molecule has 14 aromatic rings. The van der Waals surface area contributed by atoms with Gasteiger partial charge in [0.05, 0.1) is 11.4 Å². The molecule has 0 radical (unpaired) electrons. The van der Waals surface area contributed by atoms with Crippen LogP contribution in [0.25, 0.3) is 95.3 Å². The van der Waals surface area contributed by atoms with E-state index in [0.29, 0.717) is 0 Å². The maximum atomic E-state index is 6.99. The van der Waals surface area contributed by atoms with Gasteiger partial charge in [0, 0.05) is 84.6 Å². The zero-order valence-corrected chi connectivity index (χ0v) is 36.9. The van der Waals surface area contributed by atoms with Crippen LogP contribution >= 0.6 is 22.7 Å². The fourth-order valence-electron chi connectivity index (χ4n) is 10.0. The topological polar surface area (TPSA) is 32.8 Å². The summed E-state index contributed by atoms with van der Waals surface area (Å²) in [6.45, 7) is 0. The standard InChI is InChI=1S/C60H36N2O2S2/c1-2-13-39(14-3-1)61(51-22-11-20-46-43-17-4-7-24-53(43)63-59(46)51)40-15-10-16-41(35-40)62(42-29-32-58-50(36-42)45-19-6-9-26-56(45)66-58)52-23-12-21-47-48-33-37(27-30-54(48)64-60(47)52)38-28-31-57-49(34-38)44-18-5-8-25-55(44)65-57/h1-36H. The van der Waals surface area contributed by atoms with E-state index in [1.54, 1.807) is 0 Å². The molecular weight excluding hydrogens is 845 g/mol. The molecule has 4 aromatic heterocycles. The zero-order valence-electron chi connectivity index (χ0n) is 35.3. The fourth-order valence-corrected chi connectivity index (χ4v) is 12.2. The Balaban J connectivity index is 0.968. The maximum Gasteiger partial charge on any atom is 0.159 e. The molecule has 0 aliphatic carbocycles. The van der Waals surface area contributed by atoms with Gasteiger partial charge >= 0.3 is 0 Å². The van der Waals surface area contributed by atoms with Crippen molar-refractivity contribution in [3.05, 3.63) is 218 Å². The van der Waals surface area contributed by atoms with Crippen LogP contribution in [-0.4, -0.2) is 0 Å². The van der Waals surface area contributed by atoms with Gasteiger partial charge in [0.2, 0.25) is 0 Å². The van der Waals surface area contributed by atoms with Crippen LogP contribution in [0.4, 0.5) is 34.1 Å². The van der Waals surface area contributed by atoms with Crippen LogP contribution < -0.4 is 9.80 Å². The second-order valence-electron chi connectivity index (χ2n) is 16.8. The predicted molar refractivity (Wildman–Crippen MR) is 282 cm³/mol. The van der Waals surface area contributed by atoms with Gasteiger partial charge in [-0.3, -0.25) is 0 Å². The van der Waals surface area contributed by atoms with Crippen molar-refractivity contribution in [1.29, 1.82) is 0 Å². The number of fused-ring (bicyclic) bond motifs is 12. The number of benzene rings is 10. The zero-order chi connectivity index (χ0) is 43.3. The molecule has 4 nitrogen and oxygen atoms in total. The molecule has 0 amide bonds. The number of thiophene rings is 2. The van der Waals surface area contributed by atoms with Crippen LogP contribution in [0, 0.1) is 0 Å². The monoisotopic (exact) mass is 880 g/mol. The van der Waals surface area contributed by atoms with Crippen molar-refractivity contribution >= 4 is 141 Å². The van der Waals surface area contributed by atoms with Gasteiger partial charge in [-0.05, 0) is 114 Å². The number of furan rings is 2. The number of anilines is 6. The average molecular weight is 881 g/mol. The lowest BCUT2D eigenvalue weighted by molar-refractivity contribution is 0.669. The van der Waals surface area contributed by atoms with Crippen LogP contribution in [0.1, 0.15) is 0 Å². The minimum absolute atomic E-state index is 0.830. The van der Waals surface area contributed by atoms with E-state index in [1.807, 2.05) is 34.8 Å². The molecule has 4 heterocycles. The Labute approximate surface area is 387 Å². The van der Waals surface area contributed by atoms with Gasteiger partial charge < -0.3 is 18.6 Å². The summed E-state index contributed by atoms with van der Waals surface area (Å²) < 4.78 is 18.8. The summed E-state index contributed by atoms with van der Waals surface area (Å²) in [4.78, 5) is 4.67. The Bertz CT molecular complexity index is 4210. The summed E-state index contributed by atoms with van der Waals surface area (Å²) in [7, 11) is 0. The Hall–Kier alpha value is -8.16. The highest BCUT2D eigenvalue weighted by atomic mass is 32.1. The molecular formula is C60H36N2O2S2. The molecule has 10 aromatic carbocycles. The predicted octanol–water partition coefficient (Wildman–Crippen LogP) is 18.8. The van der Waals surface area contributed by atoms with Crippen molar-refractivity contribution in [2.24, 2.45) is 0 Å². The third kappa shape index (κ3) is 5.82. The third-order valence-electron chi connectivity index (χ3n) is 13.0. The van der Waals surface area contributed by atoms with E-state index in [1.165, 1.54) is 45.9 Å². The molecule has 66 heavy (non-hydrogen) atoms.